The number of carbonyl (C=O) groups is 2. The third kappa shape index (κ3) is 5.13. The summed E-state index contributed by atoms with van der Waals surface area (Å²) in [6.45, 7) is 2.67. The van der Waals surface area contributed by atoms with E-state index in [4.69, 9.17) is 4.74 Å². The Morgan fingerprint density at radius 3 is 2.55 bits per heavy atom. The molecule has 5 nitrogen and oxygen atoms in total. The fourth-order valence-corrected chi connectivity index (χ4v) is 5.77. The van der Waals surface area contributed by atoms with Gasteiger partial charge >= 0.3 is 0 Å². The molecule has 1 fully saturated rings. The van der Waals surface area contributed by atoms with E-state index in [0.717, 1.165) is 42.2 Å². The molecule has 0 aliphatic carbocycles. The van der Waals surface area contributed by atoms with E-state index < -0.39 is 0 Å². The van der Waals surface area contributed by atoms with Gasteiger partial charge in [-0.1, -0.05) is 25.1 Å². The number of hydrogen-bond donors (Lipinski definition) is 0. The Kier molecular flexibility index (Phi) is 7.59. The van der Waals surface area contributed by atoms with Crippen LogP contribution in [0.25, 0.3) is 6.08 Å². The van der Waals surface area contributed by atoms with E-state index in [1.165, 1.54) is 4.90 Å². The zero-order chi connectivity index (χ0) is 21.0. The number of ether oxygens (including phenoxy) is 1. The predicted octanol–water partition coefficient (Wildman–Crippen LogP) is 5.79. The molecule has 1 aliphatic heterocycles. The first-order chi connectivity index (χ1) is 13.9. The maximum Gasteiger partial charge on any atom is 0.293 e. The average Bonchev–Trinajstić information content (AvgIpc) is 2.95. The number of rotatable bonds is 6. The number of nitrogens with zero attached hydrogens (tertiary/aromatic N) is 2. The maximum absolute atomic E-state index is 12.4. The number of amides is 2. The molecule has 0 N–H and O–H groups in total. The molecule has 0 unspecified atom stereocenters. The van der Waals surface area contributed by atoms with Gasteiger partial charge in [0.1, 0.15) is 12.4 Å². The summed E-state index contributed by atoms with van der Waals surface area (Å²) in [4.78, 5) is 26.2. The van der Waals surface area contributed by atoms with Crippen LogP contribution in [-0.2, 0) is 11.4 Å². The van der Waals surface area contributed by atoms with Crippen LogP contribution in [0.2, 0.25) is 0 Å². The summed E-state index contributed by atoms with van der Waals surface area (Å²) in [5, 5.41) is 9.00. The topological polar surface area (TPSA) is 70.4 Å². The van der Waals surface area contributed by atoms with E-state index in [9.17, 15) is 14.9 Å². The Balaban J connectivity index is 1.80. The van der Waals surface area contributed by atoms with E-state index in [1.54, 1.807) is 12.1 Å². The highest BCUT2D eigenvalue weighted by atomic mass is 127. The molecule has 0 aromatic heterocycles. The van der Waals surface area contributed by atoms with Gasteiger partial charge in [0.05, 0.1) is 23.7 Å². The summed E-state index contributed by atoms with van der Waals surface area (Å²) >= 11 is 5.36. The van der Waals surface area contributed by atoms with Crippen molar-refractivity contribution in [2.24, 2.45) is 0 Å². The third-order valence-electron chi connectivity index (χ3n) is 4.15. The molecular formula is C21H16I2N2O3S. The fraction of sp³-hybridized carbons (Fsp3) is 0.190. The van der Waals surface area contributed by atoms with Crippen molar-refractivity contribution < 1.29 is 14.3 Å². The van der Waals surface area contributed by atoms with Crippen molar-refractivity contribution in [3.8, 4) is 11.8 Å². The van der Waals surface area contributed by atoms with E-state index >= 15 is 0 Å². The second-order valence-corrected chi connectivity index (χ2v) is 9.52. The number of imide groups is 1. The lowest BCUT2D eigenvalue weighted by Gasteiger charge is -2.12. The smallest absolute Gasteiger partial charge is 0.293 e. The zero-order valence-corrected chi connectivity index (χ0v) is 20.6. The van der Waals surface area contributed by atoms with Crippen LogP contribution in [0, 0.1) is 18.5 Å². The van der Waals surface area contributed by atoms with Gasteiger partial charge < -0.3 is 4.74 Å². The molecule has 29 heavy (non-hydrogen) atoms. The lowest BCUT2D eigenvalue weighted by molar-refractivity contribution is -0.122. The van der Waals surface area contributed by atoms with Gasteiger partial charge in [0, 0.05) is 12.1 Å². The average molecular weight is 630 g/mol. The van der Waals surface area contributed by atoms with Crippen LogP contribution < -0.4 is 4.74 Å². The summed E-state index contributed by atoms with van der Waals surface area (Å²) in [5.74, 6) is 0.496. The van der Waals surface area contributed by atoms with Gasteiger partial charge in [-0.3, -0.25) is 14.5 Å². The molecule has 148 valence electrons. The largest absolute Gasteiger partial charge is 0.487 e. The summed E-state index contributed by atoms with van der Waals surface area (Å²) in [6, 6.07) is 13.4. The van der Waals surface area contributed by atoms with E-state index in [1.807, 2.05) is 37.3 Å². The summed E-state index contributed by atoms with van der Waals surface area (Å²) in [7, 11) is 0. The number of benzene rings is 2. The van der Waals surface area contributed by atoms with E-state index in [-0.39, 0.29) is 11.1 Å². The Hall–Kier alpha value is -1.58. The molecule has 1 heterocycles. The van der Waals surface area contributed by atoms with Gasteiger partial charge in [0.15, 0.2) is 0 Å². The number of thioether (sulfide) groups is 1. The lowest BCUT2D eigenvalue weighted by atomic mass is 10.1. The normalized spacial score (nSPS) is 15.1. The molecule has 2 aromatic rings. The van der Waals surface area contributed by atoms with Gasteiger partial charge in [-0.2, -0.15) is 5.26 Å². The second kappa shape index (κ2) is 9.95. The molecule has 1 aliphatic rings. The quantitative estimate of drug-likeness (QED) is 0.299. The van der Waals surface area contributed by atoms with Gasteiger partial charge in [-0.05, 0) is 93.2 Å². The second-order valence-electron chi connectivity index (χ2n) is 6.20. The Morgan fingerprint density at radius 2 is 1.90 bits per heavy atom. The number of carbonyl (C=O) groups excluding carboxylic acids is 2. The molecule has 0 spiro atoms. The Bertz CT molecular complexity index is 1020. The van der Waals surface area contributed by atoms with E-state index in [2.05, 4.69) is 51.3 Å². The minimum atomic E-state index is -0.236. The summed E-state index contributed by atoms with van der Waals surface area (Å²) in [5.41, 5.74) is 2.26. The fourth-order valence-electron chi connectivity index (χ4n) is 2.77. The minimum absolute atomic E-state index is 0.219. The van der Waals surface area contributed by atoms with Gasteiger partial charge in [0.2, 0.25) is 0 Å². The first kappa shape index (κ1) is 22.1. The van der Waals surface area contributed by atoms with Crippen molar-refractivity contribution in [2.75, 3.05) is 6.54 Å². The van der Waals surface area contributed by atoms with Crippen molar-refractivity contribution in [1.82, 2.24) is 4.90 Å². The van der Waals surface area contributed by atoms with Gasteiger partial charge in [-0.25, -0.2) is 0 Å². The molecule has 0 bridgehead atoms. The monoisotopic (exact) mass is 630 g/mol. The maximum atomic E-state index is 12.4. The van der Waals surface area contributed by atoms with Gasteiger partial charge in [0.25, 0.3) is 11.1 Å². The van der Waals surface area contributed by atoms with Crippen molar-refractivity contribution in [3.63, 3.8) is 0 Å². The molecule has 0 atom stereocenters. The van der Waals surface area contributed by atoms with Crippen molar-refractivity contribution in [2.45, 2.75) is 20.0 Å². The highest BCUT2D eigenvalue weighted by Gasteiger charge is 2.34. The Labute approximate surface area is 200 Å². The van der Waals surface area contributed by atoms with Crippen LogP contribution in [0.15, 0.2) is 41.3 Å². The third-order valence-corrected chi connectivity index (χ3v) is 6.66. The van der Waals surface area contributed by atoms with E-state index in [0.29, 0.717) is 23.6 Å². The summed E-state index contributed by atoms with van der Waals surface area (Å²) < 4.78 is 7.77. The SMILES string of the molecule is CCCN1C(=O)S/C(=C/c2cc(I)c(OCc3ccccc3C#N)c(I)c2)C1=O. The van der Waals surface area contributed by atoms with Gasteiger partial charge in [-0.15, -0.1) is 0 Å². The van der Waals surface area contributed by atoms with Crippen LogP contribution >= 0.6 is 56.9 Å². The zero-order valence-electron chi connectivity index (χ0n) is 15.4. The molecule has 2 amide bonds. The molecule has 2 aromatic carbocycles. The Morgan fingerprint density at radius 1 is 1.21 bits per heavy atom. The van der Waals surface area contributed by atoms with Crippen molar-refractivity contribution >= 4 is 74.2 Å². The number of halogens is 2. The number of hydrogen-bond acceptors (Lipinski definition) is 5. The molecular weight excluding hydrogens is 614 g/mol. The lowest BCUT2D eigenvalue weighted by Crippen LogP contribution is -2.28. The first-order valence-electron chi connectivity index (χ1n) is 8.79. The van der Waals surface area contributed by atoms with Crippen LogP contribution in [0.5, 0.6) is 5.75 Å². The highest BCUT2D eigenvalue weighted by molar-refractivity contribution is 14.1. The standard InChI is InChI=1S/C21H16I2N2O3S/c1-2-7-25-20(26)18(29-21(25)27)10-13-8-16(22)19(17(23)9-13)28-12-15-6-4-3-5-14(15)11-24/h3-6,8-10H,2,7,12H2,1H3/b18-10+. The molecule has 0 saturated carbocycles. The van der Waals surface area contributed by atoms with Crippen LogP contribution in [0.1, 0.15) is 30.0 Å². The van der Waals surface area contributed by atoms with Crippen molar-refractivity contribution in [3.05, 3.63) is 65.1 Å². The summed E-state index contributed by atoms with van der Waals surface area (Å²) in [6.07, 6.45) is 2.49. The van der Waals surface area contributed by atoms with Crippen LogP contribution in [-0.4, -0.2) is 22.6 Å². The molecule has 3 rings (SSSR count). The molecule has 1 saturated heterocycles. The van der Waals surface area contributed by atoms with Crippen molar-refractivity contribution in [1.29, 1.82) is 5.26 Å². The first-order valence-corrected chi connectivity index (χ1v) is 11.8. The van der Waals surface area contributed by atoms with Crippen LogP contribution in [0.4, 0.5) is 4.79 Å². The van der Waals surface area contributed by atoms with Crippen LogP contribution in [0.3, 0.4) is 0 Å². The predicted molar refractivity (Wildman–Crippen MR) is 130 cm³/mol. The molecule has 0 radical (unpaired) electrons. The highest BCUT2D eigenvalue weighted by Crippen LogP contribution is 2.35. The number of nitriles is 1. The minimum Gasteiger partial charge on any atom is -0.487 e. The molecule has 8 heteroatoms.